The first kappa shape index (κ1) is 8.45. The summed E-state index contributed by atoms with van der Waals surface area (Å²) >= 11 is 10.9. The van der Waals surface area contributed by atoms with Gasteiger partial charge in [-0.1, -0.05) is 0 Å². The van der Waals surface area contributed by atoms with Crippen LogP contribution in [0.3, 0.4) is 0 Å². The van der Waals surface area contributed by atoms with Crippen LogP contribution in [0, 0.1) is 0 Å². The van der Waals surface area contributed by atoms with Crippen LogP contribution >= 0.6 is 23.2 Å². The van der Waals surface area contributed by atoms with E-state index in [0.29, 0.717) is 5.82 Å². The first-order chi connectivity index (χ1) is 5.26. The van der Waals surface area contributed by atoms with Crippen molar-refractivity contribution in [3.8, 4) is 0 Å². The Bertz CT molecular complexity index is 230. The number of hydrogen-bond donors (Lipinski definition) is 2. The summed E-state index contributed by atoms with van der Waals surface area (Å²) in [5.41, 5.74) is 2.24. The quantitative estimate of drug-likeness (QED) is 0.408. The topological polar surface area (TPSA) is 76.7 Å². The van der Waals surface area contributed by atoms with Gasteiger partial charge in [0.1, 0.15) is 0 Å². The van der Waals surface area contributed by atoms with E-state index >= 15 is 0 Å². The maximum Gasteiger partial charge on any atom is 0.241 e. The van der Waals surface area contributed by atoms with E-state index in [9.17, 15) is 0 Å². The van der Waals surface area contributed by atoms with Crippen molar-refractivity contribution in [2.45, 2.75) is 5.88 Å². The van der Waals surface area contributed by atoms with Crippen molar-refractivity contribution in [3.05, 3.63) is 11.1 Å². The van der Waals surface area contributed by atoms with Crippen LogP contribution in [0.5, 0.6) is 0 Å². The molecule has 1 rings (SSSR count). The molecule has 0 aromatic carbocycles. The van der Waals surface area contributed by atoms with Crippen molar-refractivity contribution in [2.75, 3.05) is 5.43 Å². The number of nitrogens with one attached hydrogen (secondary N) is 1. The zero-order valence-electron chi connectivity index (χ0n) is 5.38. The zero-order valence-corrected chi connectivity index (χ0v) is 6.89. The Hall–Kier alpha value is -0.650. The molecule has 0 bridgehead atoms. The van der Waals surface area contributed by atoms with Gasteiger partial charge in [-0.25, -0.2) is 10.8 Å². The summed E-state index contributed by atoms with van der Waals surface area (Å²) in [5.74, 6) is 5.81. The molecule has 0 aliphatic carbocycles. The van der Waals surface area contributed by atoms with Crippen molar-refractivity contribution < 1.29 is 0 Å². The molecular weight excluding hydrogens is 189 g/mol. The number of alkyl halides is 1. The monoisotopic (exact) mass is 193 g/mol. The Morgan fingerprint density at radius 3 is 2.64 bits per heavy atom. The Kier molecular flexibility index (Phi) is 2.81. The third-order valence-corrected chi connectivity index (χ3v) is 1.31. The fourth-order valence-corrected chi connectivity index (χ4v) is 0.813. The second-order valence-corrected chi connectivity index (χ2v) is 2.23. The first-order valence-electron chi connectivity index (χ1n) is 2.69. The molecule has 60 valence electrons. The van der Waals surface area contributed by atoms with Gasteiger partial charge in [-0.3, -0.25) is 5.43 Å². The predicted octanol–water partition coefficient (Wildman–Crippen LogP) is 0.549. The maximum atomic E-state index is 5.49. The summed E-state index contributed by atoms with van der Waals surface area (Å²) < 4.78 is 0. The van der Waals surface area contributed by atoms with E-state index in [1.807, 2.05) is 0 Å². The molecule has 0 spiro atoms. The van der Waals surface area contributed by atoms with Gasteiger partial charge < -0.3 is 0 Å². The van der Waals surface area contributed by atoms with E-state index in [0.717, 1.165) is 0 Å². The molecule has 1 heterocycles. The summed E-state index contributed by atoms with van der Waals surface area (Å²) in [6, 6.07) is 0. The maximum absolute atomic E-state index is 5.49. The van der Waals surface area contributed by atoms with Gasteiger partial charge in [-0.05, 0) is 11.6 Å². The smallest absolute Gasteiger partial charge is 0.241 e. The number of hydrogen-bond acceptors (Lipinski definition) is 5. The molecule has 0 fully saturated rings. The van der Waals surface area contributed by atoms with Crippen molar-refractivity contribution in [1.29, 1.82) is 0 Å². The van der Waals surface area contributed by atoms with Gasteiger partial charge in [0.2, 0.25) is 11.2 Å². The molecule has 0 saturated carbocycles. The highest BCUT2D eigenvalue weighted by atomic mass is 35.5. The van der Waals surface area contributed by atoms with Crippen LogP contribution in [-0.2, 0) is 5.88 Å². The number of hydrazine groups is 1. The molecule has 0 aliphatic rings. The summed E-state index contributed by atoms with van der Waals surface area (Å²) in [4.78, 5) is 11.2. The lowest BCUT2D eigenvalue weighted by Gasteiger charge is -1.98. The number of rotatable bonds is 2. The lowest BCUT2D eigenvalue weighted by molar-refractivity contribution is 0.954. The first-order valence-corrected chi connectivity index (χ1v) is 3.60. The van der Waals surface area contributed by atoms with Crippen molar-refractivity contribution in [3.63, 3.8) is 0 Å². The van der Waals surface area contributed by atoms with Crippen LogP contribution in [-0.4, -0.2) is 15.0 Å². The average Bonchev–Trinajstić information content (AvgIpc) is 2.03. The van der Waals surface area contributed by atoms with Crippen LogP contribution in [0.1, 0.15) is 5.82 Å². The molecule has 0 radical (unpaired) electrons. The van der Waals surface area contributed by atoms with Crippen LogP contribution < -0.4 is 11.3 Å². The normalized spacial score (nSPS) is 9.73. The molecule has 0 amide bonds. The lowest BCUT2D eigenvalue weighted by atomic mass is 10.7. The second kappa shape index (κ2) is 3.66. The van der Waals surface area contributed by atoms with Gasteiger partial charge in [-0.15, -0.1) is 11.6 Å². The minimum atomic E-state index is 0.0728. The molecule has 11 heavy (non-hydrogen) atoms. The predicted molar refractivity (Wildman–Crippen MR) is 42.2 cm³/mol. The zero-order chi connectivity index (χ0) is 8.27. The molecular formula is C4H5Cl2N5. The molecule has 3 N–H and O–H groups in total. The molecule has 0 unspecified atom stereocenters. The number of aromatic nitrogens is 3. The summed E-state index contributed by atoms with van der Waals surface area (Å²) in [6.45, 7) is 0. The highest BCUT2D eigenvalue weighted by Gasteiger charge is 2.01. The Morgan fingerprint density at radius 1 is 1.36 bits per heavy atom. The number of anilines is 1. The molecule has 1 aromatic rings. The number of nitrogen functional groups attached to an aromatic ring is 1. The molecule has 1 aromatic heterocycles. The summed E-state index contributed by atoms with van der Waals surface area (Å²) in [7, 11) is 0. The van der Waals surface area contributed by atoms with Gasteiger partial charge in [-0.2, -0.15) is 9.97 Å². The van der Waals surface area contributed by atoms with Gasteiger partial charge in [0.25, 0.3) is 0 Å². The van der Waals surface area contributed by atoms with E-state index < -0.39 is 0 Å². The Labute approximate surface area is 72.9 Å². The third-order valence-electron chi connectivity index (χ3n) is 0.903. The van der Waals surface area contributed by atoms with Crippen LogP contribution in [0.4, 0.5) is 5.95 Å². The highest BCUT2D eigenvalue weighted by Crippen LogP contribution is 2.05. The van der Waals surface area contributed by atoms with E-state index in [1.54, 1.807) is 0 Å². The van der Waals surface area contributed by atoms with Gasteiger partial charge >= 0.3 is 0 Å². The van der Waals surface area contributed by atoms with Gasteiger partial charge in [0.05, 0.1) is 5.88 Å². The average molecular weight is 194 g/mol. The summed E-state index contributed by atoms with van der Waals surface area (Å²) in [5, 5.41) is 0.0728. The van der Waals surface area contributed by atoms with Gasteiger partial charge in [0, 0.05) is 0 Å². The number of halogens is 2. The number of nitrogens with two attached hydrogens (primary N) is 1. The minimum absolute atomic E-state index is 0.0728. The van der Waals surface area contributed by atoms with E-state index in [2.05, 4.69) is 20.4 Å². The fraction of sp³-hybridized carbons (Fsp3) is 0.250. The second-order valence-electron chi connectivity index (χ2n) is 1.62. The van der Waals surface area contributed by atoms with Crippen molar-refractivity contribution in [2.24, 2.45) is 5.84 Å². The Balaban J connectivity index is 3.02. The largest absolute Gasteiger partial charge is 0.292 e. The van der Waals surface area contributed by atoms with Crippen molar-refractivity contribution >= 4 is 29.2 Å². The molecule has 5 nitrogen and oxygen atoms in total. The number of nitrogens with zero attached hydrogens (tertiary/aromatic N) is 3. The van der Waals surface area contributed by atoms with Crippen LogP contribution in [0.15, 0.2) is 0 Å². The highest BCUT2D eigenvalue weighted by molar-refractivity contribution is 6.28. The molecule has 7 heteroatoms. The lowest BCUT2D eigenvalue weighted by Crippen LogP contribution is -2.12. The van der Waals surface area contributed by atoms with Gasteiger partial charge in [0.15, 0.2) is 5.82 Å². The van der Waals surface area contributed by atoms with E-state index in [-0.39, 0.29) is 17.1 Å². The third kappa shape index (κ3) is 2.14. The molecule has 0 saturated heterocycles. The standard InChI is InChI=1S/C4H5Cl2N5/c5-1-2-8-3(6)10-4(9-2)11-7/h1,7H2,(H,8,9,10,11). The van der Waals surface area contributed by atoms with Crippen molar-refractivity contribution in [1.82, 2.24) is 15.0 Å². The SMILES string of the molecule is NNc1nc(Cl)nc(CCl)n1. The van der Waals surface area contributed by atoms with Crippen LogP contribution in [0.25, 0.3) is 0 Å². The van der Waals surface area contributed by atoms with E-state index in [1.165, 1.54) is 0 Å². The summed E-state index contributed by atoms with van der Waals surface area (Å²) in [6.07, 6.45) is 0. The molecule has 0 atom stereocenters. The Morgan fingerprint density at radius 2 is 2.09 bits per heavy atom. The van der Waals surface area contributed by atoms with Crippen LogP contribution in [0.2, 0.25) is 5.28 Å². The minimum Gasteiger partial charge on any atom is -0.292 e. The fourth-order valence-electron chi connectivity index (χ4n) is 0.515. The molecule has 0 aliphatic heterocycles. The van der Waals surface area contributed by atoms with E-state index in [4.69, 9.17) is 29.0 Å².